The number of aromatic nitrogens is 1. The Labute approximate surface area is 324 Å². The number of anilines is 3. The molecule has 262 valence electrons. The highest BCUT2D eigenvalue weighted by Gasteiger charge is 2.16. The molecule has 0 amide bonds. The lowest BCUT2D eigenvalue weighted by Crippen LogP contribution is -2.10. The van der Waals surface area contributed by atoms with Crippen LogP contribution in [-0.4, -0.2) is 4.98 Å². The second-order valence-corrected chi connectivity index (χ2v) is 14.5. The number of oxazole rings is 1. The van der Waals surface area contributed by atoms with Crippen molar-refractivity contribution in [1.82, 2.24) is 4.98 Å². The Bertz CT molecular complexity index is 3070. The molecule has 0 saturated heterocycles. The van der Waals surface area contributed by atoms with E-state index in [2.05, 4.69) is 187 Å². The lowest BCUT2D eigenvalue weighted by molar-refractivity contribution is 0.620. The Kier molecular flexibility index (Phi) is 7.49. The van der Waals surface area contributed by atoms with Crippen LogP contribution in [0.5, 0.6) is 0 Å². The minimum atomic E-state index is 0.616. The summed E-state index contributed by atoms with van der Waals surface area (Å²) in [5.74, 6) is 0.616. The molecule has 0 aliphatic carbocycles. The third kappa shape index (κ3) is 5.74. The molecule has 0 atom stereocenters. The van der Waals surface area contributed by atoms with E-state index in [-0.39, 0.29) is 0 Å². The Hall–Kier alpha value is -7.49. The number of nitrogens with zero attached hydrogens (tertiary/aromatic N) is 2. The van der Waals surface area contributed by atoms with Crippen LogP contribution < -0.4 is 4.90 Å². The van der Waals surface area contributed by atoms with Crippen LogP contribution in [0.15, 0.2) is 211 Å². The Balaban J connectivity index is 0.988. The van der Waals surface area contributed by atoms with Crippen LogP contribution in [-0.2, 0) is 0 Å². The largest absolute Gasteiger partial charge is 0.436 e. The molecule has 0 bridgehead atoms. The molecule has 0 N–H and O–H groups in total. The summed E-state index contributed by atoms with van der Waals surface area (Å²) in [6.07, 6.45) is 0. The van der Waals surface area contributed by atoms with E-state index in [0.717, 1.165) is 33.7 Å². The minimum Gasteiger partial charge on any atom is -0.436 e. The maximum absolute atomic E-state index is 6.12. The van der Waals surface area contributed by atoms with Crippen LogP contribution in [0, 0.1) is 0 Å². The Morgan fingerprint density at radius 3 is 1.20 bits per heavy atom. The van der Waals surface area contributed by atoms with Gasteiger partial charge >= 0.3 is 0 Å². The molecule has 0 spiro atoms. The molecule has 0 aliphatic heterocycles. The van der Waals surface area contributed by atoms with Crippen LogP contribution in [0.25, 0.3) is 87.9 Å². The van der Waals surface area contributed by atoms with Gasteiger partial charge in [0, 0.05) is 22.6 Å². The van der Waals surface area contributed by atoms with Gasteiger partial charge in [-0.05, 0) is 150 Å². The first-order chi connectivity index (χ1) is 27.7. The van der Waals surface area contributed by atoms with Crippen molar-refractivity contribution in [2.45, 2.75) is 0 Å². The molecule has 0 fully saturated rings. The summed E-state index contributed by atoms with van der Waals surface area (Å²) in [5, 5.41) is 9.76. The fourth-order valence-electron chi connectivity index (χ4n) is 8.04. The van der Waals surface area contributed by atoms with Gasteiger partial charge in [0.2, 0.25) is 5.89 Å². The van der Waals surface area contributed by atoms with Gasteiger partial charge in [-0.3, -0.25) is 0 Å². The van der Waals surface area contributed by atoms with Crippen molar-refractivity contribution in [1.29, 1.82) is 0 Å². The highest BCUT2D eigenvalue weighted by molar-refractivity contribution is 5.97. The summed E-state index contributed by atoms with van der Waals surface area (Å²) in [6.45, 7) is 0. The van der Waals surface area contributed by atoms with E-state index in [4.69, 9.17) is 9.40 Å². The smallest absolute Gasteiger partial charge is 0.227 e. The van der Waals surface area contributed by atoms with Gasteiger partial charge in [0.15, 0.2) is 5.58 Å². The second-order valence-electron chi connectivity index (χ2n) is 14.5. The van der Waals surface area contributed by atoms with Crippen molar-refractivity contribution < 1.29 is 4.42 Å². The van der Waals surface area contributed by atoms with Crippen molar-refractivity contribution >= 4 is 71.3 Å². The fourth-order valence-corrected chi connectivity index (χ4v) is 8.04. The predicted octanol–water partition coefficient (Wildman–Crippen LogP) is 14.9. The van der Waals surface area contributed by atoms with Gasteiger partial charge in [-0.1, -0.05) is 121 Å². The molecule has 0 unspecified atom stereocenters. The highest BCUT2D eigenvalue weighted by atomic mass is 16.3. The van der Waals surface area contributed by atoms with Gasteiger partial charge < -0.3 is 9.32 Å². The monoisotopic (exact) mass is 714 g/mol. The summed E-state index contributed by atoms with van der Waals surface area (Å²) in [6, 6.07) is 73.9. The minimum absolute atomic E-state index is 0.616. The normalized spacial score (nSPS) is 11.6. The van der Waals surface area contributed by atoms with Crippen molar-refractivity contribution in [3.05, 3.63) is 206 Å². The molecule has 11 rings (SSSR count). The zero-order chi connectivity index (χ0) is 37.0. The molecule has 10 aromatic carbocycles. The average molecular weight is 715 g/mol. The number of para-hydroxylation sites is 2. The first-order valence-electron chi connectivity index (χ1n) is 19.0. The van der Waals surface area contributed by atoms with E-state index in [1.54, 1.807) is 0 Å². The van der Waals surface area contributed by atoms with Crippen LogP contribution in [0.1, 0.15) is 0 Å². The molecule has 3 heteroatoms. The molecule has 56 heavy (non-hydrogen) atoms. The molecule has 0 radical (unpaired) electrons. The van der Waals surface area contributed by atoms with Crippen LogP contribution in [0.3, 0.4) is 0 Å². The van der Waals surface area contributed by atoms with Crippen LogP contribution in [0.4, 0.5) is 17.1 Å². The van der Waals surface area contributed by atoms with Crippen molar-refractivity contribution in [2.75, 3.05) is 4.90 Å². The van der Waals surface area contributed by atoms with E-state index in [0.29, 0.717) is 5.89 Å². The van der Waals surface area contributed by atoms with Crippen molar-refractivity contribution in [2.24, 2.45) is 0 Å². The highest BCUT2D eigenvalue weighted by Crippen LogP contribution is 2.40. The maximum atomic E-state index is 6.12. The molecule has 1 aromatic heterocycles. The number of hydrogen-bond donors (Lipinski definition) is 0. The molecule has 3 nitrogen and oxygen atoms in total. The fraction of sp³-hybridized carbons (Fsp3) is 0. The molecule has 11 aromatic rings. The summed E-state index contributed by atoms with van der Waals surface area (Å²) >= 11 is 0. The van der Waals surface area contributed by atoms with E-state index in [1.807, 2.05) is 24.3 Å². The summed E-state index contributed by atoms with van der Waals surface area (Å²) < 4.78 is 6.12. The Morgan fingerprint density at radius 2 is 0.679 bits per heavy atom. The van der Waals surface area contributed by atoms with Gasteiger partial charge in [-0.2, -0.15) is 0 Å². The van der Waals surface area contributed by atoms with Gasteiger partial charge in [-0.25, -0.2) is 4.98 Å². The van der Waals surface area contributed by atoms with Gasteiger partial charge in [-0.15, -0.1) is 0 Å². The zero-order valence-corrected chi connectivity index (χ0v) is 30.4. The number of rotatable bonds is 6. The third-order valence-corrected chi connectivity index (χ3v) is 11.0. The molecular weight excluding hydrogens is 681 g/mol. The number of fused-ring (bicyclic) bond motifs is 5. The van der Waals surface area contributed by atoms with E-state index in [9.17, 15) is 0 Å². The van der Waals surface area contributed by atoms with Crippen LogP contribution in [0.2, 0.25) is 0 Å². The van der Waals surface area contributed by atoms with E-state index >= 15 is 0 Å². The molecule has 1 heterocycles. The lowest BCUT2D eigenvalue weighted by atomic mass is 9.98. The first kappa shape index (κ1) is 32.0. The van der Waals surface area contributed by atoms with E-state index in [1.165, 1.54) is 65.3 Å². The molecule has 0 saturated carbocycles. The third-order valence-electron chi connectivity index (χ3n) is 11.0. The Morgan fingerprint density at radius 1 is 0.304 bits per heavy atom. The SMILES string of the molecule is c1ccc2cc(-c3ccc4cc(N(c5ccc(-c6nc7ccccc7o6)cc5)c5ccc6cc(-c7ccc8ccccc8c7)ccc6c5)ccc4c3)ccc2c1. The summed E-state index contributed by atoms with van der Waals surface area (Å²) in [5.41, 5.74) is 10.6. The van der Waals surface area contributed by atoms with Crippen LogP contribution >= 0.6 is 0 Å². The summed E-state index contributed by atoms with van der Waals surface area (Å²) in [7, 11) is 0. The number of hydrogen-bond acceptors (Lipinski definition) is 3. The standard InChI is InChI=1S/C53H34N2O/c1-3-9-38-29-40(15-13-35(38)7-1)42-17-19-46-33-49(27-23-44(46)31-42)55(48-25-21-37(22-26-48)53-54-51-11-5-6-12-52(51)56-53)50-28-24-45-32-43(18-20-47(45)34-50)41-16-14-36-8-2-4-10-39(36)30-41/h1-34H. The lowest BCUT2D eigenvalue weighted by Gasteiger charge is -2.26. The van der Waals surface area contributed by atoms with Crippen molar-refractivity contribution in [3.8, 4) is 33.7 Å². The van der Waals surface area contributed by atoms with E-state index < -0.39 is 0 Å². The van der Waals surface area contributed by atoms with Gasteiger partial charge in [0.1, 0.15) is 5.52 Å². The maximum Gasteiger partial charge on any atom is 0.227 e. The van der Waals surface area contributed by atoms with Crippen molar-refractivity contribution in [3.63, 3.8) is 0 Å². The number of benzene rings is 10. The quantitative estimate of drug-likeness (QED) is 0.172. The zero-order valence-electron chi connectivity index (χ0n) is 30.4. The second kappa shape index (κ2) is 13.1. The first-order valence-corrected chi connectivity index (χ1v) is 19.0. The molecular formula is C53H34N2O. The van der Waals surface area contributed by atoms with Gasteiger partial charge in [0.05, 0.1) is 0 Å². The van der Waals surface area contributed by atoms with Gasteiger partial charge in [0.25, 0.3) is 0 Å². The summed E-state index contributed by atoms with van der Waals surface area (Å²) in [4.78, 5) is 7.09. The topological polar surface area (TPSA) is 29.3 Å². The average Bonchev–Trinajstić information content (AvgIpc) is 3.71. The predicted molar refractivity (Wildman–Crippen MR) is 235 cm³/mol. The molecule has 0 aliphatic rings.